The molecule has 0 atom stereocenters. The minimum atomic E-state index is -0.0442. The molecule has 94 valence electrons. The van der Waals surface area contributed by atoms with Crippen molar-refractivity contribution in [2.45, 2.75) is 31.6 Å². The molecular formula is C15H17NOS. The molecule has 3 heteroatoms. The molecule has 1 aliphatic rings. The highest BCUT2D eigenvalue weighted by atomic mass is 32.1. The molecule has 0 radical (unpaired) electrons. The molecule has 1 fully saturated rings. The minimum Gasteiger partial charge on any atom is -0.395 e. The second kappa shape index (κ2) is 4.48. The van der Waals surface area contributed by atoms with Crippen LogP contribution in [0.2, 0.25) is 0 Å². The average Bonchev–Trinajstić information content (AvgIpc) is 2.79. The summed E-state index contributed by atoms with van der Waals surface area (Å²) in [7, 11) is 0. The van der Waals surface area contributed by atoms with Gasteiger partial charge in [-0.2, -0.15) is 0 Å². The third-order valence-corrected chi connectivity index (χ3v) is 4.91. The van der Waals surface area contributed by atoms with Crippen LogP contribution < -0.4 is 0 Å². The molecule has 0 aliphatic heterocycles. The van der Waals surface area contributed by atoms with Gasteiger partial charge in [-0.15, -0.1) is 11.3 Å². The van der Waals surface area contributed by atoms with Gasteiger partial charge in [0, 0.05) is 16.4 Å². The van der Waals surface area contributed by atoms with Crippen LogP contribution in [0.25, 0.3) is 10.6 Å². The summed E-state index contributed by atoms with van der Waals surface area (Å²) < 4.78 is 0. The van der Waals surface area contributed by atoms with Crippen molar-refractivity contribution in [1.82, 2.24) is 4.98 Å². The standard InChI is InChI=1S/C15H17NOS/c1-11-5-2-3-6-12(11)14-16-13(9-18-14)15(10-17)7-4-8-15/h2-3,5-6,9,17H,4,7-8,10H2,1H3. The van der Waals surface area contributed by atoms with Crippen LogP contribution in [0.3, 0.4) is 0 Å². The third kappa shape index (κ3) is 1.78. The summed E-state index contributed by atoms with van der Waals surface area (Å²) >= 11 is 1.69. The first-order valence-corrected chi connectivity index (χ1v) is 7.26. The van der Waals surface area contributed by atoms with Gasteiger partial charge >= 0.3 is 0 Å². The Bertz CT molecular complexity index is 552. The van der Waals surface area contributed by atoms with E-state index in [4.69, 9.17) is 4.98 Å². The van der Waals surface area contributed by atoms with Crippen molar-refractivity contribution in [3.05, 3.63) is 40.9 Å². The van der Waals surface area contributed by atoms with Gasteiger partial charge in [0.2, 0.25) is 0 Å². The van der Waals surface area contributed by atoms with Gasteiger partial charge in [-0.3, -0.25) is 0 Å². The van der Waals surface area contributed by atoms with Gasteiger partial charge in [0.25, 0.3) is 0 Å². The molecule has 1 heterocycles. The molecule has 1 aromatic carbocycles. The van der Waals surface area contributed by atoms with Crippen molar-refractivity contribution in [2.24, 2.45) is 0 Å². The fraction of sp³-hybridized carbons (Fsp3) is 0.400. The summed E-state index contributed by atoms with van der Waals surface area (Å²) in [5.74, 6) is 0. The number of aliphatic hydroxyl groups excluding tert-OH is 1. The van der Waals surface area contributed by atoms with Crippen LogP contribution in [0.4, 0.5) is 0 Å². The number of thiazole rings is 1. The van der Waals surface area contributed by atoms with Crippen molar-refractivity contribution in [3.63, 3.8) is 0 Å². The lowest BCUT2D eigenvalue weighted by Gasteiger charge is -2.38. The summed E-state index contributed by atoms with van der Waals surface area (Å²) in [6.07, 6.45) is 3.35. The zero-order valence-corrected chi connectivity index (χ0v) is 11.3. The second-order valence-electron chi connectivity index (χ2n) is 5.14. The van der Waals surface area contributed by atoms with E-state index in [1.807, 2.05) is 0 Å². The van der Waals surface area contributed by atoms with Gasteiger partial charge in [0.15, 0.2) is 0 Å². The predicted octanol–water partition coefficient (Wildman–Crippen LogP) is 3.53. The number of aliphatic hydroxyl groups is 1. The lowest BCUT2D eigenvalue weighted by Crippen LogP contribution is -2.38. The van der Waals surface area contributed by atoms with E-state index < -0.39 is 0 Å². The van der Waals surface area contributed by atoms with Gasteiger partial charge in [0.1, 0.15) is 5.01 Å². The molecule has 0 saturated heterocycles. The zero-order valence-electron chi connectivity index (χ0n) is 10.5. The Balaban J connectivity index is 1.97. The second-order valence-corrected chi connectivity index (χ2v) is 6.00. The molecule has 1 N–H and O–H groups in total. The van der Waals surface area contributed by atoms with E-state index in [-0.39, 0.29) is 12.0 Å². The van der Waals surface area contributed by atoms with Crippen LogP contribution in [0.5, 0.6) is 0 Å². The number of hydrogen-bond acceptors (Lipinski definition) is 3. The first-order chi connectivity index (χ1) is 8.75. The maximum absolute atomic E-state index is 9.59. The van der Waals surface area contributed by atoms with E-state index in [9.17, 15) is 5.11 Å². The maximum atomic E-state index is 9.59. The molecule has 18 heavy (non-hydrogen) atoms. The summed E-state index contributed by atoms with van der Waals surface area (Å²) in [5.41, 5.74) is 3.50. The van der Waals surface area contributed by atoms with E-state index in [2.05, 4.69) is 36.6 Å². The molecule has 1 aliphatic carbocycles. The number of rotatable bonds is 3. The predicted molar refractivity (Wildman–Crippen MR) is 74.9 cm³/mol. The van der Waals surface area contributed by atoms with Crippen molar-refractivity contribution >= 4 is 11.3 Å². The molecule has 2 nitrogen and oxygen atoms in total. The molecule has 0 amide bonds. The Hall–Kier alpha value is -1.19. The Morgan fingerprint density at radius 1 is 1.33 bits per heavy atom. The van der Waals surface area contributed by atoms with Crippen molar-refractivity contribution < 1.29 is 5.11 Å². The highest BCUT2D eigenvalue weighted by Crippen LogP contribution is 2.44. The van der Waals surface area contributed by atoms with Crippen molar-refractivity contribution in [3.8, 4) is 10.6 Å². The van der Waals surface area contributed by atoms with Crippen LogP contribution in [0, 0.1) is 6.92 Å². The minimum absolute atomic E-state index is 0.0442. The number of aryl methyl sites for hydroxylation is 1. The Kier molecular flexibility index (Phi) is 2.96. The van der Waals surface area contributed by atoms with E-state index in [0.717, 1.165) is 23.5 Å². The van der Waals surface area contributed by atoms with E-state index in [0.29, 0.717) is 0 Å². The lowest BCUT2D eigenvalue weighted by atomic mass is 9.67. The fourth-order valence-corrected chi connectivity index (χ4v) is 3.59. The summed E-state index contributed by atoms with van der Waals surface area (Å²) in [6, 6.07) is 8.33. The maximum Gasteiger partial charge on any atom is 0.123 e. The monoisotopic (exact) mass is 259 g/mol. The van der Waals surface area contributed by atoms with E-state index in [1.54, 1.807) is 11.3 Å². The largest absolute Gasteiger partial charge is 0.395 e. The first kappa shape index (κ1) is 11.9. The van der Waals surface area contributed by atoms with Gasteiger partial charge < -0.3 is 5.11 Å². The zero-order chi connectivity index (χ0) is 12.6. The summed E-state index contributed by atoms with van der Waals surface area (Å²) in [6.45, 7) is 2.34. The smallest absolute Gasteiger partial charge is 0.123 e. The number of aromatic nitrogens is 1. The Morgan fingerprint density at radius 2 is 2.11 bits per heavy atom. The number of nitrogens with zero attached hydrogens (tertiary/aromatic N) is 1. The van der Waals surface area contributed by atoms with Crippen molar-refractivity contribution in [1.29, 1.82) is 0 Å². The van der Waals surface area contributed by atoms with Gasteiger partial charge in [0.05, 0.1) is 12.3 Å². The molecule has 0 spiro atoms. The lowest BCUT2D eigenvalue weighted by molar-refractivity contribution is 0.117. The number of benzene rings is 1. The fourth-order valence-electron chi connectivity index (χ4n) is 2.55. The Labute approximate surface area is 111 Å². The van der Waals surface area contributed by atoms with Gasteiger partial charge in [-0.25, -0.2) is 4.98 Å². The van der Waals surface area contributed by atoms with Crippen LogP contribution in [-0.4, -0.2) is 16.7 Å². The summed E-state index contributed by atoms with van der Waals surface area (Å²) in [4.78, 5) is 4.76. The SMILES string of the molecule is Cc1ccccc1-c1nc(C2(CO)CCC2)cs1. The van der Waals surface area contributed by atoms with E-state index in [1.165, 1.54) is 17.5 Å². The van der Waals surface area contributed by atoms with Crippen LogP contribution in [0.15, 0.2) is 29.6 Å². The van der Waals surface area contributed by atoms with E-state index >= 15 is 0 Å². The molecule has 0 bridgehead atoms. The van der Waals surface area contributed by atoms with Gasteiger partial charge in [-0.1, -0.05) is 30.7 Å². The van der Waals surface area contributed by atoms with Crippen LogP contribution in [-0.2, 0) is 5.41 Å². The van der Waals surface area contributed by atoms with Crippen LogP contribution in [0.1, 0.15) is 30.5 Å². The average molecular weight is 259 g/mol. The Morgan fingerprint density at radius 3 is 2.72 bits per heavy atom. The topological polar surface area (TPSA) is 33.1 Å². The molecule has 3 rings (SSSR count). The third-order valence-electron chi connectivity index (χ3n) is 4.04. The summed E-state index contributed by atoms with van der Waals surface area (Å²) in [5, 5.41) is 12.8. The highest BCUT2D eigenvalue weighted by Gasteiger charge is 2.40. The molecule has 1 saturated carbocycles. The van der Waals surface area contributed by atoms with Gasteiger partial charge in [-0.05, 0) is 25.3 Å². The normalized spacial score (nSPS) is 17.4. The molecular weight excluding hydrogens is 242 g/mol. The van der Waals surface area contributed by atoms with Crippen LogP contribution >= 0.6 is 11.3 Å². The van der Waals surface area contributed by atoms with Crippen molar-refractivity contribution in [2.75, 3.05) is 6.61 Å². The first-order valence-electron chi connectivity index (χ1n) is 6.38. The molecule has 1 aromatic heterocycles. The highest BCUT2D eigenvalue weighted by molar-refractivity contribution is 7.13. The number of hydrogen-bond donors (Lipinski definition) is 1. The molecule has 2 aromatic rings. The quantitative estimate of drug-likeness (QED) is 0.914. The molecule has 0 unspecified atom stereocenters.